The minimum atomic E-state index is -0.717. The lowest BCUT2D eigenvalue weighted by molar-refractivity contribution is -0.140. The molecule has 0 aliphatic rings. The van der Waals surface area contributed by atoms with E-state index in [9.17, 15) is 14.7 Å². The topological polar surface area (TPSA) is 86.0 Å². The Morgan fingerprint density at radius 3 is 2.42 bits per heavy atom. The second kappa shape index (κ2) is 12.1. The number of hydrogen-bond donors (Lipinski definition) is 1. The van der Waals surface area contributed by atoms with E-state index in [1.807, 2.05) is 12.1 Å². The second-order valence-electron chi connectivity index (χ2n) is 8.17. The number of rotatable bonds is 12. The molecule has 1 aromatic heterocycles. The zero-order chi connectivity index (χ0) is 23.6. The number of ether oxygens (including phenoxy) is 2. The Bertz CT molecular complexity index is 1100. The van der Waals surface area contributed by atoms with E-state index in [0.717, 1.165) is 18.6 Å². The van der Waals surface area contributed by atoms with Gasteiger partial charge in [-0.25, -0.2) is 4.79 Å². The lowest BCUT2D eigenvalue weighted by Crippen LogP contribution is -2.18. The van der Waals surface area contributed by atoms with Crippen LogP contribution in [0.15, 0.2) is 57.7 Å². The van der Waals surface area contributed by atoms with E-state index in [1.165, 1.54) is 32.8 Å². The van der Waals surface area contributed by atoms with Gasteiger partial charge in [0.2, 0.25) is 0 Å². The van der Waals surface area contributed by atoms with Gasteiger partial charge in [-0.3, -0.25) is 4.79 Å². The third-order valence-electron chi connectivity index (χ3n) is 5.82. The molecule has 0 saturated carbocycles. The molecule has 1 N–H and O–H groups in total. The maximum Gasteiger partial charge on any atom is 0.343 e. The molecule has 6 nitrogen and oxygen atoms in total. The van der Waals surface area contributed by atoms with Crippen molar-refractivity contribution in [3.63, 3.8) is 0 Å². The largest absolute Gasteiger partial charge is 0.507 e. The predicted octanol–water partition coefficient (Wildman–Crippen LogP) is 5.93. The Labute approximate surface area is 194 Å². The molecule has 6 heteroatoms. The summed E-state index contributed by atoms with van der Waals surface area (Å²) in [5.41, 5.74) is 0.340. The van der Waals surface area contributed by atoms with Gasteiger partial charge in [0.15, 0.2) is 0 Å². The summed E-state index contributed by atoms with van der Waals surface area (Å²) < 4.78 is 16.1. The van der Waals surface area contributed by atoms with Gasteiger partial charge in [-0.2, -0.15) is 0 Å². The van der Waals surface area contributed by atoms with Crippen LogP contribution in [0.3, 0.4) is 0 Å². The molecule has 0 fully saturated rings. The number of esters is 1. The maximum atomic E-state index is 12.8. The molecule has 0 amide bonds. The zero-order valence-corrected chi connectivity index (χ0v) is 19.3. The van der Waals surface area contributed by atoms with Gasteiger partial charge < -0.3 is 19.0 Å². The molecule has 33 heavy (non-hydrogen) atoms. The number of unbranched alkanes of at least 4 members (excludes halogenated alkanes) is 5. The minimum absolute atomic E-state index is 0.0415. The van der Waals surface area contributed by atoms with Crippen molar-refractivity contribution in [1.29, 1.82) is 0 Å². The first-order valence-corrected chi connectivity index (χ1v) is 11.6. The smallest absolute Gasteiger partial charge is 0.343 e. The van der Waals surface area contributed by atoms with E-state index >= 15 is 0 Å². The lowest BCUT2D eigenvalue weighted by atomic mass is 9.88. The molecule has 176 valence electrons. The number of carbonyl (C=O) groups is 1. The Hall–Kier alpha value is -3.28. The van der Waals surface area contributed by atoms with E-state index in [0.29, 0.717) is 23.1 Å². The number of benzene rings is 2. The van der Waals surface area contributed by atoms with Crippen LogP contribution in [-0.2, 0) is 9.53 Å². The Morgan fingerprint density at radius 1 is 1.00 bits per heavy atom. The highest BCUT2D eigenvalue weighted by atomic mass is 16.5. The summed E-state index contributed by atoms with van der Waals surface area (Å²) >= 11 is 0. The van der Waals surface area contributed by atoms with Crippen LogP contribution in [-0.4, -0.2) is 24.8 Å². The van der Waals surface area contributed by atoms with Crippen molar-refractivity contribution in [3.8, 4) is 11.5 Å². The van der Waals surface area contributed by atoms with Gasteiger partial charge in [0.05, 0.1) is 31.1 Å². The fourth-order valence-electron chi connectivity index (χ4n) is 3.96. The van der Waals surface area contributed by atoms with Crippen molar-refractivity contribution in [3.05, 3.63) is 70.1 Å². The third kappa shape index (κ3) is 6.37. The molecule has 1 heterocycles. The van der Waals surface area contributed by atoms with Crippen LogP contribution in [0.2, 0.25) is 0 Å². The van der Waals surface area contributed by atoms with Crippen molar-refractivity contribution in [2.75, 3.05) is 13.7 Å². The monoisotopic (exact) mass is 452 g/mol. The van der Waals surface area contributed by atoms with Crippen LogP contribution in [0.5, 0.6) is 11.5 Å². The third-order valence-corrected chi connectivity index (χ3v) is 5.82. The molecule has 3 rings (SSSR count). The quantitative estimate of drug-likeness (QED) is 0.208. The SMILES string of the molecule is CCCCCCCCOc1ccc(C(CC(=O)OC)c2c(O)c3ccccc3oc2=O)cc1. The minimum Gasteiger partial charge on any atom is -0.507 e. The molecule has 0 aliphatic heterocycles. The molecular weight excluding hydrogens is 420 g/mol. The summed E-state index contributed by atoms with van der Waals surface area (Å²) in [5, 5.41) is 11.3. The average molecular weight is 453 g/mol. The number of aromatic hydroxyl groups is 1. The normalized spacial score (nSPS) is 11.9. The van der Waals surface area contributed by atoms with E-state index in [2.05, 4.69) is 6.92 Å². The van der Waals surface area contributed by atoms with Crippen molar-refractivity contribution >= 4 is 16.9 Å². The number of methoxy groups -OCH3 is 1. The molecule has 0 radical (unpaired) electrons. The van der Waals surface area contributed by atoms with Crippen LogP contribution in [0.1, 0.15) is 68.9 Å². The van der Waals surface area contributed by atoms with Crippen molar-refractivity contribution in [2.45, 2.75) is 57.8 Å². The van der Waals surface area contributed by atoms with Gasteiger partial charge >= 0.3 is 11.6 Å². The summed E-state index contributed by atoms with van der Waals surface area (Å²) in [7, 11) is 1.29. The van der Waals surface area contributed by atoms with E-state index in [1.54, 1.807) is 36.4 Å². The fourth-order valence-corrected chi connectivity index (χ4v) is 3.96. The van der Waals surface area contributed by atoms with E-state index in [4.69, 9.17) is 13.9 Å². The standard InChI is InChI=1S/C27H32O6/c1-3-4-5-6-7-10-17-32-20-15-13-19(14-16-20)22(18-24(28)31-2)25-26(29)21-11-8-9-12-23(21)33-27(25)30/h8-9,11-16,22,29H,3-7,10,17-18H2,1-2H3. The van der Waals surface area contributed by atoms with Crippen LogP contribution in [0, 0.1) is 0 Å². The highest BCUT2D eigenvalue weighted by Gasteiger charge is 2.27. The van der Waals surface area contributed by atoms with Gasteiger partial charge in [0.1, 0.15) is 17.1 Å². The zero-order valence-electron chi connectivity index (χ0n) is 19.3. The highest BCUT2D eigenvalue weighted by molar-refractivity contribution is 5.84. The van der Waals surface area contributed by atoms with E-state index in [-0.39, 0.29) is 17.7 Å². The summed E-state index contributed by atoms with van der Waals surface area (Å²) in [5.74, 6) is -0.667. The fraction of sp³-hybridized carbons (Fsp3) is 0.407. The van der Waals surface area contributed by atoms with Crippen molar-refractivity contribution in [1.82, 2.24) is 0 Å². The first kappa shape index (κ1) is 24.4. The van der Waals surface area contributed by atoms with Gasteiger partial charge in [0, 0.05) is 5.92 Å². The molecule has 3 aromatic rings. The van der Waals surface area contributed by atoms with Crippen LogP contribution in [0.25, 0.3) is 11.0 Å². The molecule has 2 aromatic carbocycles. The highest BCUT2D eigenvalue weighted by Crippen LogP contribution is 2.36. The first-order chi connectivity index (χ1) is 16.0. The summed E-state index contributed by atoms with van der Waals surface area (Å²) in [4.78, 5) is 24.9. The number of fused-ring (bicyclic) bond motifs is 1. The Balaban J connectivity index is 1.79. The average Bonchev–Trinajstić information content (AvgIpc) is 2.83. The van der Waals surface area contributed by atoms with Gasteiger partial charge in [-0.15, -0.1) is 0 Å². The Kier molecular flexibility index (Phi) is 8.93. The van der Waals surface area contributed by atoms with Crippen molar-refractivity contribution < 1.29 is 23.8 Å². The van der Waals surface area contributed by atoms with Crippen LogP contribution < -0.4 is 10.4 Å². The Morgan fingerprint density at radius 2 is 1.70 bits per heavy atom. The van der Waals surface area contributed by atoms with E-state index < -0.39 is 17.5 Å². The van der Waals surface area contributed by atoms with Gasteiger partial charge in [0.25, 0.3) is 0 Å². The number of para-hydroxylation sites is 1. The first-order valence-electron chi connectivity index (χ1n) is 11.6. The summed E-state index contributed by atoms with van der Waals surface area (Å²) in [6, 6.07) is 14.0. The summed E-state index contributed by atoms with van der Waals surface area (Å²) in [6.45, 7) is 2.85. The molecule has 0 saturated heterocycles. The van der Waals surface area contributed by atoms with Crippen LogP contribution >= 0.6 is 0 Å². The van der Waals surface area contributed by atoms with Gasteiger partial charge in [-0.1, -0.05) is 63.3 Å². The maximum absolute atomic E-state index is 12.8. The van der Waals surface area contributed by atoms with Gasteiger partial charge in [-0.05, 0) is 36.2 Å². The van der Waals surface area contributed by atoms with Crippen molar-refractivity contribution in [2.24, 2.45) is 0 Å². The second-order valence-corrected chi connectivity index (χ2v) is 8.17. The lowest BCUT2D eigenvalue weighted by Gasteiger charge is -2.18. The molecule has 1 unspecified atom stereocenters. The molecular formula is C27H32O6. The molecule has 1 atom stereocenters. The molecule has 0 bridgehead atoms. The number of carbonyl (C=O) groups excluding carboxylic acids is 1. The molecule has 0 aliphatic carbocycles. The van der Waals surface area contributed by atoms with Crippen LogP contribution in [0.4, 0.5) is 0 Å². The summed E-state index contributed by atoms with van der Waals surface area (Å²) in [6.07, 6.45) is 7.05. The number of hydrogen-bond acceptors (Lipinski definition) is 6. The predicted molar refractivity (Wildman–Crippen MR) is 128 cm³/mol. The molecule has 0 spiro atoms.